The van der Waals surface area contributed by atoms with Gasteiger partial charge in [-0.3, -0.25) is 4.79 Å². The fourth-order valence-electron chi connectivity index (χ4n) is 2.73. The summed E-state index contributed by atoms with van der Waals surface area (Å²) < 4.78 is 25.8. The predicted molar refractivity (Wildman–Crippen MR) is 87.8 cm³/mol. The highest BCUT2D eigenvalue weighted by Gasteiger charge is 2.29. The van der Waals surface area contributed by atoms with Gasteiger partial charge in [0.15, 0.2) is 0 Å². The average molecular weight is 341 g/mol. The molecule has 8 heteroatoms. The number of hydrogen-bond acceptors (Lipinski definition) is 5. The minimum atomic E-state index is -3.45. The second kappa shape index (κ2) is 7.29. The van der Waals surface area contributed by atoms with Crippen molar-refractivity contribution in [1.82, 2.24) is 9.62 Å². The number of amides is 1. The lowest BCUT2D eigenvalue weighted by molar-refractivity contribution is -0.134. The first-order chi connectivity index (χ1) is 10.9. The zero-order valence-corrected chi connectivity index (χ0v) is 14.2. The molecule has 1 aliphatic heterocycles. The van der Waals surface area contributed by atoms with E-state index in [9.17, 15) is 18.3 Å². The maximum atomic E-state index is 11.9. The zero-order chi connectivity index (χ0) is 17.0. The van der Waals surface area contributed by atoms with Gasteiger partial charge >= 0.3 is 0 Å². The van der Waals surface area contributed by atoms with Gasteiger partial charge in [0, 0.05) is 31.7 Å². The smallest absolute Gasteiger partial charge is 0.240 e. The molecule has 2 N–H and O–H groups in total. The van der Waals surface area contributed by atoms with Crippen LogP contribution in [0.1, 0.15) is 13.3 Å². The number of nitrogens with zero attached hydrogens (tertiary/aromatic N) is 2. The van der Waals surface area contributed by atoms with Gasteiger partial charge in [0.05, 0.1) is 17.5 Å². The van der Waals surface area contributed by atoms with E-state index in [1.807, 2.05) is 6.92 Å². The van der Waals surface area contributed by atoms with E-state index >= 15 is 0 Å². The van der Waals surface area contributed by atoms with E-state index in [0.29, 0.717) is 26.1 Å². The summed E-state index contributed by atoms with van der Waals surface area (Å²) in [6.45, 7) is 3.45. The van der Waals surface area contributed by atoms with E-state index in [2.05, 4.69) is 9.62 Å². The van der Waals surface area contributed by atoms with Crippen LogP contribution in [0.4, 0.5) is 5.69 Å². The van der Waals surface area contributed by atoms with Crippen LogP contribution in [0.3, 0.4) is 0 Å². The number of rotatable bonds is 5. The van der Waals surface area contributed by atoms with Crippen molar-refractivity contribution in [1.29, 1.82) is 0 Å². The number of carbonyl (C=O) groups excluding carboxylic acids is 1. The lowest BCUT2D eigenvalue weighted by Gasteiger charge is -2.41. The van der Waals surface area contributed by atoms with E-state index in [-0.39, 0.29) is 23.5 Å². The molecule has 0 aliphatic carbocycles. The summed E-state index contributed by atoms with van der Waals surface area (Å²) in [6.07, 6.45) is 0.424. The number of aliphatic hydroxyl groups is 1. The third-order valence-electron chi connectivity index (χ3n) is 4.10. The van der Waals surface area contributed by atoms with E-state index in [0.717, 1.165) is 5.69 Å². The summed E-state index contributed by atoms with van der Waals surface area (Å²) in [7, 11) is -2.07. The zero-order valence-electron chi connectivity index (χ0n) is 13.4. The lowest BCUT2D eigenvalue weighted by Crippen LogP contribution is -2.56. The maximum Gasteiger partial charge on any atom is 0.240 e. The highest BCUT2D eigenvalue weighted by molar-refractivity contribution is 7.89. The van der Waals surface area contributed by atoms with Crippen molar-refractivity contribution in [3.05, 3.63) is 24.3 Å². The third kappa shape index (κ3) is 3.82. The molecule has 0 unspecified atom stereocenters. The molecule has 1 atom stereocenters. The van der Waals surface area contributed by atoms with Crippen LogP contribution in [0.2, 0.25) is 0 Å². The summed E-state index contributed by atoms with van der Waals surface area (Å²) in [6, 6.07) is 6.36. The summed E-state index contributed by atoms with van der Waals surface area (Å²) in [4.78, 5) is 15.9. The number of piperazine rings is 1. The molecule has 1 aliphatic rings. The molecule has 1 aromatic carbocycles. The third-order valence-corrected chi connectivity index (χ3v) is 5.53. The molecular formula is C15H23N3O4S. The molecule has 0 saturated carbocycles. The van der Waals surface area contributed by atoms with Gasteiger partial charge in [-0.25, -0.2) is 13.1 Å². The Balaban J connectivity index is 2.13. The summed E-state index contributed by atoms with van der Waals surface area (Å²) in [5, 5.41) is 9.55. The second-order valence-corrected chi connectivity index (χ2v) is 7.31. The molecule has 1 saturated heterocycles. The van der Waals surface area contributed by atoms with E-state index in [1.54, 1.807) is 29.2 Å². The van der Waals surface area contributed by atoms with Crippen LogP contribution in [0.15, 0.2) is 29.2 Å². The number of sulfonamides is 1. The average Bonchev–Trinajstić information content (AvgIpc) is 2.60. The Bertz CT molecular complexity index is 645. The molecule has 0 aromatic heterocycles. The monoisotopic (exact) mass is 341 g/mol. The molecule has 1 amide bonds. The van der Waals surface area contributed by atoms with Gasteiger partial charge in [0.2, 0.25) is 15.9 Å². The highest BCUT2D eigenvalue weighted by Crippen LogP contribution is 2.21. The molecule has 1 fully saturated rings. The SMILES string of the molecule is CCC(=O)N1CCN(c2ccc(S(=O)(=O)NC)cc2)C[C@@H]1CO. The normalized spacial score (nSPS) is 19.0. The second-order valence-electron chi connectivity index (χ2n) is 5.42. The van der Waals surface area contributed by atoms with Crippen molar-refractivity contribution >= 4 is 21.6 Å². The number of hydrogen-bond donors (Lipinski definition) is 2. The van der Waals surface area contributed by atoms with Gasteiger partial charge in [0.1, 0.15) is 0 Å². The standard InChI is InChI=1S/C15H23N3O4S/c1-3-15(20)18-9-8-17(10-13(18)11-19)12-4-6-14(7-5-12)23(21,22)16-2/h4-7,13,16,19H,3,8-11H2,1-2H3/t13-/m1/s1. The van der Waals surface area contributed by atoms with Crippen LogP contribution in [0, 0.1) is 0 Å². The van der Waals surface area contributed by atoms with Crippen molar-refractivity contribution in [2.24, 2.45) is 0 Å². The molecule has 7 nitrogen and oxygen atoms in total. The van der Waals surface area contributed by atoms with Crippen LogP contribution in [0.5, 0.6) is 0 Å². The number of carbonyl (C=O) groups is 1. The topological polar surface area (TPSA) is 90.0 Å². The van der Waals surface area contributed by atoms with Crippen LogP contribution >= 0.6 is 0 Å². The fraction of sp³-hybridized carbons (Fsp3) is 0.533. The molecule has 23 heavy (non-hydrogen) atoms. The molecule has 1 heterocycles. The van der Waals surface area contributed by atoms with E-state index in [4.69, 9.17) is 0 Å². The van der Waals surface area contributed by atoms with Crippen molar-refractivity contribution < 1.29 is 18.3 Å². The lowest BCUT2D eigenvalue weighted by atomic mass is 10.1. The molecule has 128 valence electrons. The first-order valence-corrected chi connectivity index (χ1v) is 9.10. The Morgan fingerprint density at radius 3 is 2.48 bits per heavy atom. The van der Waals surface area contributed by atoms with Crippen LogP contribution in [-0.4, -0.2) is 63.7 Å². The largest absolute Gasteiger partial charge is 0.394 e. The quantitative estimate of drug-likeness (QED) is 0.788. The molecule has 2 rings (SSSR count). The Hall–Kier alpha value is -1.64. The first kappa shape index (κ1) is 17.7. The predicted octanol–water partition coefficient (Wildman–Crippen LogP) is 0.0142. The Morgan fingerprint density at radius 1 is 1.30 bits per heavy atom. The number of anilines is 1. The Morgan fingerprint density at radius 2 is 1.96 bits per heavy atom. The summed E-state index contributed by atoms with van der Waals surface area (Å²) in [5.74, 6) is 0.0409. The van der Waals surface area contributed by atoms with Crippen LogP contribution < -0.4 is 9.62 Å². The number of aliphatic hydroxyl groups excluding tert-OH is 1. The van der Waals surface area contributed by atoms with Gasteiger partial charge in [0.25, 0.3) is 0 Å². The first-order valence-electron chi connectivity index (χ1n) is 7.61. The van der Waals surface area contributed by atoms with Crippen molar-refractivity contribution in [3.63, 3.8) is 0 Å². The number of benzene rings is 1. The van der Waals surface area contributed by atoms with Crippen molar-refractivity contribution in [2.75, 3.05) is 38.2 Å². The van der Waals surface area contributed by atoms with Gasteiger partial charge in [-0.15, -0.1) is 0 Å². The van der Waals surface area contributed by atoms with Gasteiger partial charge in [-0.2, -0.15) is 0 Å². The van der Waals surface area contributed by atoms with Gasteiger partial charge < -0.3 is 14.9 Å². The van der Waals surface area contributed by atoms with Gasteiger partial charge in [-0.1, -0.05) is 6.92 Å². The molecule has 0 radical (unpaired) electrons. The molecule has 0 bridgehead atoms. The Labute approximate surface area is 136 Å². The van der Waals surface area contributed by atoms with Crippen LogP contribution in [-0.2, 0) is 14.8 Å². The number of nitrogens with one attached hydrogen (secondary N) is 1. The van der Waals surface area contributed by atoms with Gasteiger partial charge in [-0.05, 0) is 31.3 Å². The minimum Gasteiger partial charge on any atom is -0.394 e. The summed E-state index contributed by atoms with van der Waals surface area (Å²) in [5.41, 5.74) is 0.877. The van der Waals surface area contributed by atoms with Crippen molar-refractivity contribution in [2.45, 2.75) is 24.3 Å². The summed E-state index contributed by atoms with van der Waals surface area (Å²) >= 11 is 0. The molecule has 1 aromatic rings. The molecule has 0 spiro atoms. The van der Waals surface area contributed by atoms with E-state index in [1.165, 1.54) is 7.05 Å². The highest BCUT2D eigenvalue weighted by atomic mass is 32.2. The van der Waals surface area contributed by atoms with Crippen LogP contribution in [0.25, 0.3) is 0 Å². The van der Waals surface area contributed by atoms with E-state index < -0.39 is 10.0 Å². The fourth-order valence-corrected chi connectivity index (χ4v) is 3.46. The molecular weight excluding hydrogens is 318 g/mol. The van der Waals surface area contributed by atoms with Crippen molar-refractivity contribution in [3.8, 4) is 0 Å². The maximum absolute atomic E-state index is 11.9. The Kier molecular flexibility index (Phi) is 5.61. The minimum absolute atomic E-state index is 0.0409.